The first kappa shape index (κ1) is 17.4. The van der Waals surface area contributed by atoms with Crippen LogP contribution in [-0.4, -0.2) is 25.8 Å². The summed E-state index contributed by atoms with van der Waals surface area (Å²) in [5, 5.41) is 6.97. The van der Waals surface area contributed by atoms with Crippen molar-refractivity contribution in [2.24, 2.45) is 12.8 Å². The molecule has 2 aromatic heterocycles. The Balaban J connectivity index is 1.85. The van der Waals surface area contributed by atoms with E-state index < -0.39 is 11.9 Å². The molecule has 3 rings (SSSR count). The first-order chi connectivity index (χ1) is 12.4. The molecule has 0 aliphatic carbocycles. The number of amides is 1. The number of carbonyl (C=O) groups excluding carboxylic acids is 1. The topological polar surface area (TPSA) is 117 Å². The van der Waals surface area contributed by atoms with Crippen LogP contribution in [0.4, 0.5) is 20.8 Å². The van der Waals surface area contributed by atoms with E-state index in [4.69, 9.17) is 22.1 Å². The fourth-order valence-electron chi connectivity index (χ4n) is 1.94. The van der Waals surface area contributed by atoms with Gasteiger partial charge in [0.1, 0.15) is 10.8 Å². The van der Waals surface area contributed by atoms with Gasteiger partial charge in [0.05, 0.1) is 18.1 Å². The van der Waals surface area contributed by atoms with E-state index in [2.05, 4.69) is 25.1 Å². The molecule has 0 saturated heterocycles. The number of nitrogens with two attached hydrogens (primary N) is 1. The summed E-state index contributed by atoms with van der Waals surface area (Å²) in [5.41, 5.74) is 5.57. The molecule has 0 aliphatic rings. The molecule has 0 bridgehead atoms. The lowest BCUT2D eigenvalue weighted by Gasteiger charge is -2.10. The number of aryl methyl sites for hydroxylation is 1. The average Bonchev–Trinajstić information content (AvgIpc) is 2.98. The number of hydrogen-bond donors (Lipinski definition) is 2. The van der Waals surface area contributed by atoms with Gasteiger partial charge in [-0.25, -0.2) is 14.2 Å². The van der Waals surface area contributed by atoms with Gasteiger partial charge in [0.2, 0.25) is 11.8 Å². The van der Waals surface area contributed by atoms with E-state index in [9.17, 15) is 9.18 Å². The van der Waals surface area contributed by atoms with E-state index in [1.165, 1.54) is 12.3 Å². The quantitative estimate of drug-likeness (QED) is 0.700. The van der Waals surface area contributed by atoms with Gasteiger partial charge in [-0.3, -0.25) is 4.68 Å². The van der Waals surface area contributed by atoms with Crippen LogP contribution < -0.4 is 20.5 Å². The number of hydrogen-bond acceptors (Lipinski definition) is 7. The second kappa shape index (κ2) is 7.23. The third-order valence-corrected chi connectivity index (χ3v) is 3.26. The highest BCUT2D eigenvalue weighted by molar-refractivity contribution is 6.31. The minimum absolute atomic E-state index is 0.00721. The number of nitrogens with zero attached hydrogens (tertiary/aromatic N) is 4. The van der Waals surface area contributed by atoms with Crippen LogP contribution in [0.5, 0.6) is 17.4 Å². The van der Waals surface area contributed by atoms with E-state index in [1.54, 1.807) is 24.1 Å². The Kier molecular flexibility index (Phi) is 4.85. The van der Waals surface area contributed by atoms with E-state index in [-0.39, 0.29) is 28.3 Å². The third-order valence-electron chi connectivity index (χ3n) is 3.00. The van der Waals surface area contributed by atoms with Crippen molar-refractivity contribution in [3.63, 3.8) is 0 Å². The Hall–Kier alpha value is -3.40. The van der Waals surface area contributed by atoms with Crippen molar-refractivity contribution in [3.05, 3.63) is 47.6 Å². The number of carbonyl (C=O) groups is 1. The summed E-state index contributed by atoms with van der Waals surface area (Å²) in [6.07, 6.45) is 3.54. The number of nitrogens with one attached hydrogen (secondary N) is 1. The van der Waals surface area contributed by atoms with Gasteiger partial charge >= 0.3 is 6.09 Å². The third kappa shape index (κ3) is 4.16. The predicted molar refractivity (Wildman–Crippen MR) is 90.2 cm³/mol. The van der Waals surface area contributed by atoms with Gasteiger partial charge in [-0.1, -0.05) is 11.6 Å². The van der Waals surface area contributed by atoms with Crippen LogP contribution in [0.3, 0.4) is 0 Å². The number of benzene rings is 1. The van der Waals surface area contributed by atoms with Gasteiger partial charge in [-0.2, -0.15) is 10.1 Å². The van der Waals surface area contributed by atoms with E-state index in [0.717, 1.165) is 12.1 Å². The maximum absolute atomic E-state index is 14.0. The summed E-state index contributed by atoms with van der Waals surface area (Å²) >= 11 is 6.01. The van der Waals surface area contributed by atoms with Crippen LogP contribution in [0.25, 0.3) is 0 Å². The Labute approximate surface area is 151 Å². The van der Waals surface area contributed by atoms with Crippen molar-refractivity contribution < 1.29 is 18.7 Å². The largest absolute Gasteiger partial charge is 0.434 e. The minimum Gasteiger partial charge on any atom is -0.434 e. The highest BCUT2D eigenvalue weighted by atomic mass is 35.5. The van der Waals surface area contributed by atoms with Gasteiger partial charge in [0.15, 0.2) is 11.6 Å². The lowest BCUT2D eigenvalue weighted by molar-refractivity contribution is 0.210. The molecule has 0 radical (unpaired) electrons. The summed E-state index contributed by atoms with van der Waals surface area (Å²) in [7, 11) is 1.76. The molecular weight excluding hydrogens is 367 g/mol. The van der Waals surface area contributed by atoms with Crippen LogP contribution in [0.1, 0.15) is 0 Å². The molecule has 0 spiro atoms. The Bertz CT molecular complexity index is 964. The summed E-state index contributed by atoms with van der Waals surface area (Å²) in [6.45, 7) is 0. The molecule has 11 heteroatoms. The number of aromatic nitrogens is 4. The molecule has 26 heavy (non-hydrogen) atoms. The molecule has 2 heterocycles. The summed E-state index contributed by atoms with van der Waals surface area (Å²) in [6, 6.07) is 3.42. The van der Waals surface area contributed by atoms with Crippen molar-refractivity contribution in [2.75, 3.05) is 5.32 Å². The van der Waals surface area contributed by atoms with E-state index in [1.807, 2.05) is 0 Å². The standard InChI is InChI=1S/C15H12ClFN6O3/c1-23-7-8(5-20-23)21-15-19-6-10(16)13(22-15)26-12-4-9(25-14(18)24)2-3-11(12)17/h2-7H,1H3,(H2,18,24)(H,19,21,22). The summed E-state index contributed by atoms with van der Waals surface area (Å²) < 4.78 is 25.6. The normalized spacial score (nSPS) is 10.4. The highest BCUT2D eigenvalue weighted by Gasteiger charge is 2.13. The maximum Gasteiger partial charge on any atom is 0.409 e. The summed E-state index contributed by atoms with van der Waals surface area (Å²) in [5.74, 6) is -0.881. The van der Waals surface area contributed by atoms with Crippen LogP contribution in [0, 0.1) is 5.82 Å². The number of rotatable bonds is 5. The molecule has 9 nitrogen and oxygen atoms in total. The molecule has 0 unspecified atom stereocenters. The first-order valence-electron chi connectivity index (χ1n) is 7.13. The Morgan fingerprint density at radius 3 is 2.88 bits per heavy atom. The summed E-state index contributed by atoms with van der Waals surface area (Å²) in [4.78, 5) is 18.9. The molecule has 134 valence electrons. The van der Waals surface area contributed by atoms with Gasteiger partial charge in [0, 0.05) is 19.3 Å². The van der Waals surface area contributed by atoms with E-state index in [0.29, 0.717) is 5.69 Å². The molecule has 0 atom stereocenters. The number of ether oxygens (including phenoxy) is 2. The smallest absolute Gasteiger partial charge is 0.409 e. The minimum atomic E-state index is -1.04. The highest BCUT2D eigenvalue weighted by Crippen LogP contribution is 2.32. The number of anilines is 2. The van der Waals surface area contributed by atoms with Crippen LogP contribution in [0.2, 0.25) is 5.02 Å². The molecule has 3 aromatic rings. The molecule has 0 aliphatic heterocycles. The SMILES string of the molecule is Cn1cc(Nc2ncc(Cl)c(Oc3cc(OC(N)=O)ccc3F)n2)cn1. The second-order valence-electron chi connectivity index (χ2n) is 4.99. The first-order valence-corrected chi connectivity index (χ1v) is 7.51. The average molecular weight is 379 g/mol. The van der Waals surface area contributed by atoms with E-state index >= 15 is 0 Å². The number of primary amides is 1. The fourth-order valence-corrected chi connectivity index (χ4v) is 2.07. The van der Waals surface area contributed by atoms with Crippen LogP contribution >= 0.6 is 11.6 Å². The fraction of sp³-hybridized carbons (Fsp3) is 0.0667. The van der Waals surface area contributed by atoms with Gasteiger partial charge < -0.3 is 20.5 Å². The monoisotopic (exact) mass is 378 g/mol. The van der Waals surface area contributed by atoms with Crippen molar-refractivity contribution in [3.8, 4) is 17.4 Å². The van der Waals surface area contributed by atoms with Gasteiger partial charge in [0.25, 0.3) is 0 Å². The lowest BCUT2D eigenvalue weighted by Crippen LogP contribution is -2.16. The molecule has 0 saturated carbocycles. The van der Waals surface area contributed by atoms with Crippen LogP contribution in [-0.2, 0) is 7.05 Å². The Morgan fingerprint density at radius 1 is 1.38 bits per heavy atom. The Morgan fingerprint density at radius 2 is 2.19 bits per heavy atom. The second-order valence-corrected chi connectivity index (χ2v) is 5.40. The van der Waals surface area contributed by atoms with Crippen LogP contribution in [0.15, 0.2) is 36.8 Å². The van der Waals surface area contributed by atoms with Crippen molar-refractivity contribution in [2.45, 2.75) is 0 Å². The lowest BCUT2D eigenvalue weighted by atomic mass is 10.3. The van der Waals surface area contributed by atoms with Gasteiger partial charge in [-0.05, 0) is 12.1 Å². The van der Waals surface area contributed by atoms with Gasteiger partial charge in [-0.15, -0.1) is 0 Å². The van der Waals surface area contributed by atoms with Crippen molar-refractivity contribution in [1.82, 2.24) is 19.7 Å². The zero-order chi connectivity index (χ0) is 18.7. The molecule has 3 N–H and O–H groups in total. The molecular formula is C15H12ClFN6O3. The molecule has 1 aromatic carbocycles. The zero-order valence-corrected chi connectivity index (χ0v) is 14.1. The maximum atomic E-state index is 14.0. The molecule has 0 fully saturated rings. The van der Waals surface area contributed by atoms with Crippen molar-refractivity contribution >= 4 is 29.3 Å². The number of halogens is 2. The van der Waals surface area contributed by atoms with Crippen molar-refractivity contribution in [1.29, 1.82) is 0 Å². The molecule has 1 amide bonds. The predicted octanol–water partition coefficient (Wildman–Crippen LogP) is 3.00. The zero-order valence-electron chi connectivity index (χ0n) is 13.3.